The van der Waals surface area contributed by atoms with Gasteiger partial charge in [-0.15, -0.1) is 5.10 Å². The summed E-state index contributed by atoms with van der Waals surface area (Å²) in [7, 11) is 0. The Morgan fingerprint density at radius 3 is 2.56 bits per heavy atom. The third kappa shape index (κ3) is 2.70. The van der Waals surface area contributed by atoms with Gasteiger partial charge in [0.15, 0.2) is 0 Å². The Morgan fingerprint density at radius 1 is 1.31 bits per heavy atom. The second-order valence-corrected chi connectivity index (χ2v) is 3.49. The lowest BCUT2D eigenvalue weighted by molar-refractivity contribution is -0.144. The first-order chi connectivity index (χ1) is 7.55. The zero-order valence-electron chi connectivity index (χ0n) is 8.42. The van der Waals surface area contributed by atoms with Gasteiger partial charge in [-0.1, -0.05) is 0 Å². The molecule has 1 N–H and O–H groups in total. The van der Waals surface area contributed by atoms with E-state index in [2.05, 4.69) is 15.2 Å². The summed E-state index contributed by atoms with van der Waals surface area (Å²) >= 11 is 0. The predicted molar refractivity (Wildman–Crippen MR) is 47.5 cm³/mol. The second kappa shape index (κ2) is 4.38. The van der Waals surface area contributed by atoms with Gasteiger partial charge in [-0.3, -0.25) is 10.00 Å². The van der Waals surface area contributed by atoms with E-state index in [0.29, 0.717) is 32.8 Å². The van der Waals surface area contributed by atoms with Crippen molar-refractivity contribution in [1.82, 2.24) is 20.1 Å². The lowest BCUT2D eigenvalue weighted by Gasteiger charge is -2.25. The number of aromatic nitrogens is 3. The Balaban J connectivity index is 1.97. The molecule has 0 aliphatic carbocycles. The van der Waals surface area contributed by atoms with Crippen molar-refractivity contribution < 1.29 is 17.9 Å². The van der Waals surface area contributed by atoms with Gasteiger partial charge in [0, 0.05) is 13.1 Å². The Morgan fingerprint density at radius 2 is 2.00 bits per heavy atom. The van der Waals surface area contributed by atoms with E-state index in [0.717, 1.165) is 0 Å². The van der Waals surface area contributed by atoms with Crippen LogP contribution in [0.25, 0.3) is 0 Å². The van der Waals surface area contributed by atoms with Gasteiger partial charge in [-0.2, -0.15) is 13.2 Å². The van der Waals surface area contributed by atoms with E-state index in [9.17, 15) is 13.2 Å². The minimum absolute atomic E-state index is 0.231. The third-order valence-corrected chi connectivity index (χ3v) is 2.26. The molecule has 0 saturated carbocycles. The molecule has 90 valence electrons. The van der Waals surface area contributed by atoms with Crippen LogP contribution in [0.2, 0.25) is 0 Å². The largest absolute Gasteiger partial charge is 0.453 e. The van der Waals surface area contributed by atoms with Crippen molar-refractivity contribution in [1.29, 1.82) is 0 Å². The molecule has 0 atom stereocenters. The molecule has 0 bridgehead atoms. The van der Waals surface area contributed by atoms with Gasteiger partial charge in [-0.05, 0) is 0 Å². The molecule has 0 unspecified atom stereocenters. The highest BCUT2D eigenvalue weighted by Crippen LogP contribution is 2.25. The van der Waals surface area contributed by atoms with Crippen molar-refractivity contribution in [3.05, 3.63) is 11.6 Å². The molecular formula is C8H11F3N4O. The number of alkyl halides is 3. The summed E-state index contributed by atoms with van der Waals surface area (Å²) in [5.41, 5.74) is 0. The number of ether oxygens (including phenoxy) is 1. The topological polar surface area (TPSA) is 54.0 Å². The van der Waals surface area contributed by atoms with Crippen molar-refractivity contribution in [3.63, 3.8) is 0 Å². The summed E-state index contributed by atoms with van der Waals surface area (Å²) in [5, 5.41) is 5.43. The Hall–Kier alpha value is -1.15. The van der Waals surface area contributed by atoms with E-state index in [4.69, 9.17) is 4.74 Å². The maximum Gasteiger partial charge on any atom is 0.453 e. The molecule has 1 aromatic rings. The van der Waals surface area contributed by atoms with Crippen LogP contribution in [0.3, 0.4) is 0 Å². The minimum atomic E-state index is -4.49. The zero-order chi connectivity index (χ0) is 11.6. The summed E-state index contributed by atoms with van der Waals surface area (Å²) in [6, 6.07) is 0. The van der Waals surface area contributed by atoms with Crippen molar-refractivity contribution >= 4 is 0 Å². The molecular weight excluding hydrogens is 225 g/mol. The molecule has 0 aromatic carbocycles. The van der Waals surface area contributed by atoms with E-state index in [1.54, 1.807) is 0 Å². The Labute approximate surface area is 89.6 Å². The molecule has 8 heteroatoms. The van der Waals surface area contributed by atoms with E-state index in [1.165, 1.54) is 0 Å². The monoisotopic (exact) mass is 236 g/mol. The van der Waals surface area contributed by atoms with Crippen LogP contribution in [0, 0.1) is 0 Å². The van der Waals surface area contributed by atoms with Crippen LogP contribution in [-0.2, 0) is 17.5 Å². The third-order valence-electron chi connectivity index (χ3n) is 2.26. The number of nitrogens with zero attached hydrogens (tertiary/aromatic N) is 3. The number of H-pyrrole nitrogens is 1. The average molecular weight is 236 g/mol. The van der Waals surface area contributed by atoms with Crippen molar-refractivity contribution in [2.24, 2.45) is 0 Å². The van der Waals surface area contributed by atoms with Gasteiger partial charge in [0.05, 0.1) is 19.8 Å². The fourth-order valence-electron chi connectivity index (χ4n) is 1.46. The lowest BCUT2D eigenvalue weighted by atomic mass is 10.4. The van der Waals surface area contributed by atoms with E-state index < -0.39 is 12.0 Å². The fraction of sp³-hybridized carbons (Fsp3) is 0.750. The number of hydrogen-bond donors (Lipinski definition) is 1. The summed E-state index contributed by atoms with van der Waals surface area (Å²) < 4.78 is 41.7. The van der Waals surface area contributed by atoms with Crippen LogP contribution in [0.5, 0.6) is 0 Å². The maximum absolute atomic E-state index is 12.2. The van der Waals surface area contributed by atoms with E-state index in [-0.39, 0.29) is 5.82 Å². The van der Waals surface area contributed by atoms with Gasteiger partial charge < -0.3 is 4.74 Å². The molecule has 16 heavy (non-hydrogen) atoms. The number of nitrogens with one attached hydrogen (secondary N) is 1. The number of rotatable bonds is 2. The molecule has 1 saturated heterocycles. The molecule has 0 radical (unpaired) electrons. The number of aromatic amines is 1. The lowest BCUT2D eigenvalue weighted by Crippen LogP contribution is -2.35. The molecule has 5 nitrogen and oxygen atoms in total. The molecule has 1 aromatic heterocycles. The van der Waals surface area contributed by atoms with Crippen molar-refractivity contribution in [3.8, 4) is 0 Å². The van der Waals surface area contributed by atoms with Crippen LogP contribution >= 0.6 is 0 Å². The molecule has 2 rings (SSSR count). The standard InChI is InChI=1S/C8H11F3N4O/c9-8(10,11)7-12-6(13-14-7)5-15-1-3-16-4-2-15/h1-5H2,(H,12,13,14). The smallest absolute Gasteiger partial charge is 0.379 e. The molecule has 2 heterocycles. The highest BCUT2D eigenvalue weighted by atomic mass is 19.4. The van der Waals surface area contributed by atoms with E-state index in [1.807, 2.05) is 4.90 Å². The fourth-order valence-corrected chi connectivity index (χ4v) is 1.46. The summed E-state index contributed by atoms with van der Waals surface area (Å²) in [6.45, 7) is 2.93. The molecule has 1 fully saturated rings. The quantitative estimate of drug-likeness (QED) is 0.819. The van der Waals surface area contributed by atoms with Crippen LogP contribution < -0.4 is 0 Å². The Kier molecular flexibility index (Phi) is 3.10. The van der Waals surface area contributed by atoms with Gasteiger partial charge in [-0.25, -0.2) is 4.98 Å². The van der Waals surface area contributed by atoms with Gasteiger partial charge in [0.1, 0.15) is 5.82 Å². The number of halogens is 3. The normalized spacial score (nSPS) is 18.9. The molecule has 1 aliphatic heterocycles. The summed E-state index contributed by atoms with van der Waals surface area (Å²) in [4.78, 5) is 5.36. The first-order valence-electron chi connectivity index (χ1n) is 4.84. The van der Waals surface area contributed by atoms with Gasteiger partial charge in [0.25, 0.3) is 5.82 Å². The van der Waals surface area contributed by atoms with Crippen LogP contribution in [0.1, 0.15) is 11.6 Å². The molecule has 0 spiro atoms. The van der Waals surface area contributed by atoms with E-state index >= 15 is 0 Å². The average Bonchev–Trinajstić information content (AvgIpc) is 2.67. The van der Waals surface area contributed by atoms with Crippen molar-refractivity contribution in [2.45, 2.75) is 12.7 Å². The molecule has 1 aliphatic rings. The second-order valence-electron chi connectivity index (χ2n) is 3.49. The van der Waals surface area contributed by atoms with Crippen LogP contribution in [0.4, 0.5) is 13.2 Å². The van der Waals surface area contributed by atoms with Gasteiger partial charge >= 0.3 is 6.18 Å². The van der Waals surface area contributed by atoms with Crippen LogP contribution in [-0.4, -0.2) is 46.4 Å². The highest BCUT2D eigenvalue weighted by Gasteiger charge is 2.36. The van der Waals surface area contributed by atoms with Gasteiger partial charge in [0.2, 0.25) is 0 Å². The number of morpholine rings is 1. The summed E-state index contributed by atoms with van der Waals surface area (Å²) in [5.74, 6) is -0.884. The Bertz CT molecular complexity index is 345. The predicted octanol–water partition coefficient (Wildman–Crippen LogP) is 0.656. The summed E-state index contributed by atoms with van der Waals surface area (Å²) in [6.07, 6.45) is -4.49. The zero-order valence-corrected chi connectivity index (χ0v) is 8.42. The van der Waals surface area contributed by atoms with Crippen LogP contribution in [0.15, 0.2) is 0 Å². The SMILES string of the molecule is FC(F)(F)c1n[nH]c(CN2CCOCC2)n1. The molecule has 0 amide bonds. The highest BCUT2D eigenvalue weighted by molar-refractivity contribution is 4.94. The maximum atomic E-state index is 12.2. The first-order valence-corrected chi connectivity index (χ1v) is 4.84. The minimum Gasteiger partial charge on any atom is -0.379 e. The number of hydrogen-bond acceptors (Lipinski definition) is 4. The first kappa shape index (κ1) is 11.3. The van der Waals surface area contributed by atoms with Crippen molar-refractivity contribution in [2.75, 3.05) is 26.3 Å².